The van der Waals surface area contributed by atoms with Crippen molar-refractivity contribution in [3.8, 4) is 11.5 Å². The molecule has 5 heteroatoms. The average molecular weight is 247 g/mol. The Morgan fingerprint density at radius 2 is 2.28 bits per heavy atom. The number of hydrogen-bond donors (Lipinski definition) is 1. The zero-order chi connectivity index (χ0) is 12.8. The molecule has 18 heavy (non-hydrogen) atoms. The number of nitrogens with zero attached hydrogens (tertiary/aromatic N) is 2. The van der Waals surface area contributed by atoms with Gasteiger partial charge in [-0.2, -0.15) is 5.10 Å². The minimum Gasteiger partial charge on any atom is -0.497 e. The van der Waals surface area contributed by atoms with Gasteiger partial charge in [-0.05, 0) is 24.3 Å². The first-order valence-corrected chi connectivity index (χ1v) is 5.80. The summed E-state index contributed by atoms with van der Waals surface area (Å²) in [5, 5.41) is 4.11. The van der Waals surface area contributed by atoms with Crippen LogP contribution in [0.5, 0.6) is 11.5 Å². The molecule has 0 unspecified atom stereocenters. The molecule has 0 bridgehead atoms. The van der Waals surface area contributed by atoms with Crippen LogP contribution in [0.15, 0.2) is 36.7 Å². The van der Waals surface area contributed by atoms with E-state index in [2.05, 4.69) is 5.10 Å². The molecule has 0 saturated carbocycles. The van der Waals surface area contributed by atoms with E-state index in [1.165, 1.54) is 0 Å². The number of ether oxygens (including phenoxy) is 2. The molecule has 96 valence electrons. The smallest absolute Gasteiger partial charge is 0.124 e. The third kappa shape index (κ3) is 3.01. The van der Waals surface area contributed by atoms with Gasteiger partial charge in [0.25, 0.3) is 0 Å². The second-order valence-electron chi connectivity index (χ2n) is 3.80. The number of benzene rings is 1. The lowest BCUT2D eigenvalue weighted by atomic mass is 10.2. The molecular weight excluding hydrogens is 230 g/mol. The molecule has 2 aromatic rings. The zero-order valence-corrected chi connectivity index (χ0v) is 10.4. The highest BCUT2D eigenvalue weighted by atomic mass is 16.5. The molecule has 5 nitrogen and oxygen atoms in total. The maximum absolute atomic E-state index is 5.70. The predicted octanol–water partition coefficient (Wildman–Crippen LogP) is 1.43. The summed E-state index contributed by atoms with van der Waals surface area (Å²) in [7, 11) is 1.63. The molecule has 1 aromatic heterocycles. The lowest BCUT2D eigenvalue weighted by Crippen LogP contribution is -2.10. The molecule has 0 radical (unpaired) electrons. The summed E-state index contributed by atoms with van der Waals surface area (Å²) in [6.07, 6.45) is 3.65. The van der Waals surface area contributed by atoms with Crippen LogP contribution >= 0.6 is 0 Å². The first kappa shape index (κ1) is 12.4. The van der Waals surface area contributed by atoms with Gasteiger partial charge < -0.3 is 15.2 Å². The normalized spacial score (nSPS) is 10.3. The number of rotatable bonds is 6. The molecule has 0 saturated heterocycles. The summed E-state index contributed by atoms with van der Waals surface area (Å²) in [5.41, 5.74) is 6.63. The Morgan fingerprint density at radius 3 is 2.94 bits per heavy atom. The van der Waals surface area contributed by atoms with Gasteiger partial charge in [0.05, 0.1) is 13.7 Å². The van der Waals surface area contributed by atoms with Gasteiger partial charge in [0.2, 0.25) is 0 Å². The zero-order valence-electron chi connectivity index (χ0n) is 10.4. The van der Waals surface area contributed by atoms with Crippen molar-refractivity contribution in [1.82, 2.24) is 9.78 Å². The van der Waals surface area contributed by atoms with Crippen LogP contribution in [0.1, 0.15) is 5.56 Å². The molecular formula is C13H17N3O2. The van der Waals surface area contributed by atoms with E-state index in [1.807, 2.05) is 35.1 Å². The minimum atomic E-state index is 0.425. The summed E-state index contributed by atoms with van der Waals surface area (Å²) in [6.45, 7) is 1.69. The maximum atomic E-state index is 5.70. The predicted molar refractivity (Wildman–Crippen MR) is 68.6 cm³/mol. The quantitative estimate of drug-likeness (QED) is 0.838. The van der Waals surface area contributed by atoms with Crippen molar-refractivity contribution in [2.45, 2.75) is 13.1 Å². The largest absolute Gasteiger partial charge is 0.497 e. The third-order valence-corrected chi connectivity index (χ3v) is 2.62. The summed E-state index contributed by atoms with van der Waals surface area (Å²) in [6, 6.07) is 7.52. The van der Waals surface area contributed by atoms with Crippen molar-refractivity contribution in [2.24, 2.45) is 5.73 Å². The number of methoxy groups -OCH3 is 1. The molecule has 0 aliphatic heterocycles. The van der Waals surface area contributed by atoms with Gasteiger partial charge in [-0.1, -0.05) is 0 Å². The fourth-order valence-electron chi connectivity index (χ4n) is 1.66. The van der Waals surface area contributed by atoms with Crippen molar-refractivity contribution < 1.29 is 9.47 Å². The van der Waals surface area contributed by atoms with Gasteiger partial charge in [0.15, 0.2) is 0 Å². The molecule has 1 heterocycles. The SMILES string of the molecule is COc1ccc(OCCn2cccn2)c(CN)c1. The van der Waals surface area contributed by atoms with Crippen molar-refractivity contribution >= 4 is 0 Å². The highest BCUT2D eigenvalue weighted by molar-refractivity contribution is 5.40. The van der Waals surface area contributed by atoms with Gasteiger partial charge in [0, 0.05) is 24.5 Å². The third-order valence-electron chi connectivity index (χ3n) is 2.62. The lowest BCUT2D eigenvalue weighted by molar-refractivity contribution is 0.288. The van der Waals surface area contributed by atoms with E-state index in [-0.39, 0.29) is 0 Å². The summed E-state index contributed by atoms with van der Waals surface area (Å²) < 4.78 is 12.7. The number of hydrogen-bond acceptors (Lipinski definition) is 4. The van der Waals surface area contributed by atoms with E-state index in [9.17, 15) is 0 Å². The van der Waals surface area contributed by atoms with Gasteiger partial charge >= 0.3 is 0 Å². The van der Waals surface area contributed by atoms with E-state index >= 15 is 0 Å². The fraction of sp³-hybridized carbons (Fsp3) is 0.308. The molecule has 1 aromatic carbocycles. The van der Waals surface area contributed by atoms with E-state index in [0.717, 1.165) is 17.1 Å². The van der Waals surface area contributed by atoms with E-state index < -0.39 is 0 Å². The van der Waals surface area contributed by atoms with E-state index in [1.54, 1.807) is 13.3 Å². The highest BCUT2D eigenvalue weighted by Crippen LogP contribution is 2.23. The average Bonchev–Trinajstić information content (AvgIpc) is 2.92. The Balaban J connectivity index is 1.96. The highest BCUT2D eigenvalue weighted by Gasteiger charge is 2.04. The molecule has 0 aliphatic carbocycles. The van der Waals surface area contributed by atoms with Crippen molar-refractivity contribution in [1.29, 1.82) is 0 Å². The van der Waals surface area contributed by atoms with Crippen LogP contribution in [0, 0.1) is 0 Å². The molecule has 2 N–H and O–H groups in total. The topological polar surface area (TPSA) is 62.3 Å². The Kier molecular flexibility index (Phi) is 4.20. The summed E-state index contributed by atoms with van der Waals surface area (Å²) in [5.74, 6) is 1.58. The Labute approximate surface area is 106 Å². The second kappa shape index (κ2) is 6.07. The van der Waals surface area contributed by atoms with Crippen LogP contribution < -0.4 is 15.2 Å². The number of aromatic nitrogens is 2. The van der Waals surface area contributed by atoms with Crippen LogP contribution in [0.2, 0.25) is 0 Å². The van der Waals surface area contributed by atoms with Gasteiger partial charge in [-0.25, -0.2) is 0 Å². The summed E-state index contributed by atoms with van der Waals surface area (Å²) >= 11 is 0. The van der Waals surface area contributed by atoms with Gasteiger partial charge in [0.1, 0.15) is 18.1 Å². The van der Waals surface area contributed by atoms with Gasteiger partial charge in [-0.3, -0.25) is 4.68 Å². The monoisotopic (exact) mass is 247 g/mol. The van der Waals surface area contributed by atoms with Crippen LogP contribution in [0.25, 0.3) is 0 Å². The van der Waals surface area contributed by atoms with Crippen molar-refractivity contribution in [2.75, 3.05) is 13.7 Å². The Hall–Kier alpha value is -2.01. The van der Waals surface area contributed by atoms with Crippen LogP contribution in [0.4, 0.5) is 0 Å². The molecule has 0 spiro atoms. The Bertz CT molecular complexity index is 483. The van der Waals surface area contributed by atoms with E-state index in [4.69, 9.17) is 15.2 Å². The van der Waals surface area contributed by atoms with Crippen LogP contribution in [-0.2, 0) is 13.1 Å². The standard InChI is InChI=1S/C13H17N3O2/c1-17-12-3-4-13(11(9-12)10-14)18-8-7-16-6-2-5-15-16/h2-6,9H,7-8,10,14H2,1H3. The van der Waals surface area contributed by atoms with Crippen LogP contribution in [-0.4, -0.2) is 23.5 Å². The molecule has 0 fully saturated rings. The first-order valence-electron chi connectivity index (χ1n) is 5.80. The molecule has 0 amide bonds. The van der Waals surface area contributed by atoms with Crippen LogP contribution in [0.3, 0.4) is 0 Å². The first-order chi connectivity index (χ1) is 8.83. The number of nitrogens with two attached hydrogens (primary N) is 1. The summed E-state index contributed by atoms with van der Waals surface area (Å²) in [4.78, 5) is 0. The fourth-order valence-corrected chi connectivity index (χ4v) is 1.66. The molecule has 0 aliphatic rings. The Morgan fingerprint density at radius 1 is 1.39 bits per heavy atom. The lowest BCUT2D eigenvalue weighted by Gasteiger charge is -2.11. The van der Waals surface area contributed by atoms with E-state index in [0.29, 0.717) is 19.7 Å². The second-order valence-corrected chi connectivity index (χ2v) is 3.80. The van der Waals surface area contributed by atoms with Crippen molar-refractivity contribution in [3.05, 3.63) is 42.2 Å². The molecule has 0 atom stereocenters. The van der Waals surface area contributed by atoms with Crippen molar-refractivity contribution in [3.63, 3.8) is 0 Å². The minimum absolute atomic E-state index is 0.425. The molecule has 2 rings (SSSR count). The van der Waals surface area contributed by atoms with Gasteiger partial charge in [-0.15, -0.1) is 0 Å². The maximum Gasteiger partial charge on any atom is 0.124 e.